The molecule has 0 aliphatic heterocycles. The zero-order chi connectivity index (χ0) is 19.0. The molecule has 0 spiro atoms. The van der Waals surface area contributed by atoms with Crippen molar-refractivity contribution in [1.29, 1.82) is 0 Å². The van der Waals surface area contributed by atoms with E-state index in [1.807, 2.05) is 13.8 Å². The van der Waals surface area contributed by atoms with Crippen LogP contribution in [0.3, 0.4) is 0 Å². The van der Waals surface area contributed by atoms with Crippen LogP contribution in [0.2, 0.25) is 0 Å². The Morgan fingerprint density at radius 1 is 0.923 bits per heavy atom. The summed E-state index contributed by atoms with van der Waals surface area (Å²) in [6.45, 7) is 4.63. The van der Waals surface area contributed by atoms with Crippen molar-refractivity contribution >= 4 is 21.6 Å². The molecule has 0 radical (unpaired) electrons. The lowest BCUT2D eigenvalue weighted by Crippen LogP contribution is -2.28. The number of ether oxygens (including phenoxy) is 2. The van der Waals surface area contributed by atoms with Gasteiger partial charge in [0.25, 0.3) is 15.9 Å². The Labute approximate surface area is 153 Å². The first-order valence-corrected chi connectivity index (χ1v) is 9.68. The highest BCUT2D eigenvalue weighted by molar-refractivity contribution is 7.92. The predicted molar refractivity (Wildman–Crippen MR) is 99.0 cm³/mol. The SMILES string of the molecule is CCNC(=O)COc1ccc(S(=O)(=O)Nc2ccc(OCC)cc2)cc1. The van der Waals surface area contributed by atoms with Gasteiger partial charge in [-0.25, -0.2) is 8.42 Å². The number of rotatable bonds is 9. The molecule has 0 saturated heterocycles. The van der Waals surface area contributed by atoms with Crippen molar-refractivity contribution in [2.24, 2.45) is 0 Å². The van der Waals surface area contributed by atoms with Gasteiger partial charge >= 0.3 is 0 Å². The van der Waals surface area contributed by atoms with Crippen LogP contribution in [0.4, 0.5) is 5.69 Å². The van der Waals surface area contributed by atoms with Crippen molar-refractivity contribution in [3.05, 3.63) is 48.5 Å². The molecule has 7 nitrogen and oxygen atoms in total. The molecular formula is C18H22N2O5S. The van der Waals surface area contributed by atoms with E-state index in [1.165, 1.54) is 24.3 Å². The van der Waals surface area contributed by atoms with Gasteiger partial charge in [0.05, 0.1) is 11.5 Å². The molecule has 0 heterocycles. The molecule has 2 aromatic rings. The lowest BCUT2D eigenvalue weighted by atomic mass is 10.3. The molecule has 26 heavy (non-hydrogen) atoms. The predicted octanol–water partition coefficient (Wildman–Crippen LogP) is 2.40. The first-order valence-electron chi connectivity index (χ1n) is 8.20. The topological polar surface area (TPSA) is 93.7 Å². The van der Waals surface area contributed by atoms with Gasteiger partial charge in [0.2, 0.25) is 0 Å². The number of sulfonamides is 1. The third kappa shape index (κ3) is 5.66. The minimum Gasteiger partial charge on any atom is -0.494 e. The molecule has 1 amide bonds. The molecule has 0 fully saturated rings. The average molecular weight is 378 g/mol. The van der Waals surface area contributed by atoms with Gasteiger partial charge in [-0.3, -0.25) is 9.52 Å². The molecule has 0 aromatic heterocycles. The van der Waals surface area contributed by atoms with E-state index in [0.717, 1.165) is 0 Å². The van der Waals surface area contributed by atoms with Crippen LogP contribution in [-0.4, -0.2) is 34.1 Å². The Balaban J connectivity index is 2.01. The fourth-order valence-electron chi connectivity index (χ4n) is 2.11. The van der Waals surface area contributed by atoms with Gasteiger partial charge < -0.3 is 14.8 Å². The zero-order valence-corrected chi connectivity index (χ0v) is 15.5. The molecule has 140 valence electrons. The van der Waals surface area contributed by atoms with Gasteiger partial charge in [0, 0.05) is 12.2 Å². The van der Waals surface area contributed by atoms with Crippen LogP contribution < -0.4 is 19.5 Å². The number of carbonyl (C=O) groups is 1. The number of benzene rings is 2. The van der Waals surface area contributed by atoms with Gasteiger partial charge in [-0.1, -0.05) is 0 Å². The summed E-state index contributed by atoms with van der Waals surface area (Å²) in [5.41, 5.74) is 0.435. The van der Waals surface area contributed by atoms with Crippen LogP contribution in [0.25, 0.3) is 0 Å². The van der Waals surface area contributed by atoms with Crippen LogP contribution in [-0.2, 0) is 14.8 Å². The molecule has 2 N–H and O–H groups in total. The Morgan fingerprint density at radius 2 is 1.50 bits per heavy atom. The molecule has 0 saturated carbocycles. The summed E-state index contributed by atoms with van der Waals surface area (Å²) in [5, 5.41) is 2.61. The first kappa shape index (κ1) is 19.6. The fraction of sp³-hybridized carbons (Fsp3) is 0.278. The van der Waals surface area contributed by atoms with Crippen molar-refractivity contribution in [2.75, 3.05) is 24.5 Å². The van der Waals surface area contributed by atoms with Crippen LogP contribution in [0.1, 0.15) is 13.8 Å². The number of carbonyl (C=O) groups excluding carboxylic acids is 1. The number of amides is 1. The van der Waals surface area contributed by atoms with E-state index in [1.54, 1.807) is 24.3 Å². The van der Waals surface area contributed by atoms with Crippen LogP contribution >= 0.6 is 0 Å². The molecule has 0 bridgehead atoms. The highest BCUT2D eigenvalue weighted by atomic mass is 32.2. The highest BCUT2D eigenvalue weighted by Gasteiger charge is 2.14. The molecule has 0 atom stereocenters. The van der Waals surface area contributed by atoms with E-state index in [9.17, 15) is 13.2 Å². The Bertz CT molecular complexity index is 818. The molecule has 0 unspecified atom stereocenters. The lowest BCUT2D eigenvalue weighted by molar-refractivity contribution is -0.122. The second-order valence-electron chi connectivity index (χ2n) is 5.28. The van der Waals surface area contributed by atoms with Crippen molar-refractivity contribution in [3.63, 3.8) is 0 Å². The van der Waals surface area contributed by atoms with Gasteiger partial charge in [-0.05, 0) is 62.4 Å². The van der Waals surface area contributed by atoms with E-state index in [4.69, 9.17) is 9.47 Å². The molecule has 2 rings (SSSR count). The van der Waals surface area contributed by atoms with E-state index in [-0.39, 0.29) is 17.4 Å². The maximum absolute atomic E-state index is 12.4. The molecular weight excluding hydrogens is 356 g/mol. The molecule has 0 aliphatic carbocycles. The summed E-state index contributed by atoms with van der Waals surface area (Å²) >= 11 is 0. The summed E-state index contributed by atoms with van der Waals surface area (Å²) in [5.74, 6) is 0.849. The Morgan fingerprint density at radius 3 is 2.08 bits per heavy atom. The van der Waals surface area contributed by atoms with Gasteiger partial charge in [0.15, 0.2) is 6.61 Å². The Hall–Kier alpha value is -2.74. The number of hydrogen-bond acceptors (Lipinski definition) is 5. The third-order valence-corrected chi connectivity index (χ3v) is 4.69. The second kappa shape index (κ2) is 9.10. The average Bonchev–Trinajstić information content (AvgIpc) is 2.62. The minimum atomic E-state index is -3.72. The van der Waals surface area contributed by atoms with Crippen LogP contribution in [0.15, 0.2) is 53.4 Å². The number of likely N-dealkylation sites (N-methyl/N-ethyl adjacent to an activating group) is 1. The Kier molecular flexibility index (Phi) is 6.85. The standard InChI is InChI=1S/C18H22N2O5S/c1-3-19-18(21)13-25-16-9-11-17(12-10-16)26(22,23)20-14-5-7-15(8-6-14)24-4-2/h5-12,20H,3-4,13H2,1-2H3,(H,19,21). The van der Waals surface area contributed by atoms with Gasteiger partial charge in [-0.15, -0.1) is 0 Å². The van der Waals surface area contributed by atoms with E-state index in [0.29, 0.717) is 30.3 Å². The summed E-state index contributed by atoms with van der Waals surface area (Å²) in [6, 6.07) is 12.5. The van der Waals surface area contributed by atoms with Crippen molar-refractivity contribution in [1.82, 2.24) is 5.32 Å². The summed E-state index contributed by atoms with van der Waals surface area (Å²) in [6.07, 6.45) is 0. The molecule has 8 heteroatoms. The van der Waals surface area contributed by atoms with E-state index < -0.39 is 10.0 Å². The number of nitrogens with one attached hydrogen (secondary N) is 2. The maximum Gasteiger partial charge on any atom is 0.261 e. The third-order valence-electron chi connectivity index (χ3n) is 3.30. The number of anilines is 1. The smallest absolute Gasteiger partial charge is 0.261 e. The normalized spacial score (nSPS) is 10.8. The summed E-state index contributed by atoms with van der Waals surface area (Å²) in [7, 11) is -3.72. The second-order valence-corrected chi connectivity index (χ2v) is 6.96. The van der Waals surface area contributed by atoms with Crippen molar-refractivity contribution in [2.45, 2.75) is 18.7 Å². The van der Waals surface area contributed by atoms with E-state index >= 15 is 0 Å². The quantitative estimate of drug-likeness (QED) is 0.699. The summed E-state index contributed by atoms with van der Waals surface area (Å²) in [4.78, 5) is 11.5. The zero-order valence-electron chi connectivity index (χ0n) is 14.7. The van der Waals surface area contributed by atoms with Crippen LogP contribution in [0.5, 0.6) is 11.5 Å². The monoisotopic (exact) mass is 378 g/mol. The number of hydrogen-bond donors (Lipinski definition) is 2. The van der Waals surface area contributed by atoms with E-state index in [2.05, 4.69) is 10.0 Å². The van der Waals surface area contributed by atoms with Gasteiger partial charge in [0.1, 0.15) is 11.5 Å². The van der Waals surface area contributed by atoms with Crippen LogP contribution in [0, 0.1) is 0 Å². The minimum absolute atomic E-state index is 0.0942. The van der Waals surface area contributed by atoms with Crippen molar-refractivity contribution in [3.8, 4) is 11.5 Å². The van der Waals surface area contributed by atoms with Crippen molar-refractivity contribution < 1.29 is 22.7 Å². The first-order chi connectivity index (χ1) is 12.4. The largest absolute Gasteiger partial charge is 0.494 e. The lowest BCUT2D eigenvalue weighted by Gasteiger charge is -2.10. The highest BCUT2D eigenvalue weighted by Crippen LogP contribution is 2.21. The summed E-state index contributed by atoms with van der Waals surface area (Å²) < 4.78 is 38.0. The molecule has 2 aromatic carbocycles. The molecule has 0 aliphatic rings. The van der Waals surface area contributed by atoms with Gasteiger partial charge in [-0.2, -0.15) is 0 Å². The fourth-order valence-corrected chi connectivity index (χ4v) is 3.17. The maximum atomic E-state index is 12.4.